The van der Waals surface area contributed by atoms with Gasteiger partial charge in [-0.15, -0.1) is 0 Å². The quantitative estimate of drug-likeness (QED) is 0.459. The molecule has 0 aliphatic heterocycles. The molecule has 0 aromatic heterocycles. The molecule has 0 aliphatic carbocycles. The second-order valence-corrected chi connectivity index (χ2v) is 4.55. The van der Waals surface area contributed by atoms with Gasteiger partial charge in [-0.25, -0.2) is 0 Å². The summed E-state index contributed by atoms with van der Waals surface area (Å²) in [5.41, 5.74) is 0.435. The lowest BCUT2D eigenvalue weighted by atomic mass is 10.2. The highest BCUT2D eigenvalue weighted by atomic mass is 32.2. The fourth-order valence-corrected chi connectivity index (χ4v) is 1.94. The summed E-state index contributed by atoms with van der Waals surface area (Å²) in [6.07, 6.45) is -5.15. The van der Waals surface area contributed by atoms with Crippen LogP contribution in [0.3, 0.4) is 0 Å². The van der Waals surface area contributed by atoms with Crippen LogP contribution < -0.4 is 5.32 Å². The molecule has 1 nitrogen and oxygen atoms in total. The Bertz CT molecular complexity index is 367. The number of hydrogen-bond donors (Lipinski definition) is 1. The van der Waals surface area contributed by atoms with E-state index in [2.05, 4.69) is 5.32 Å². The van der Waals surface area contributed by atoms with Gasteiger partial charge < -0.3 is 5.32 Å². The number of alkyl halides is 5. The van der Waals surface area contributed by atoms with E-state index in [1.807, 2.05) is 0 Å². The monoisotopic (exact) mass is 285 g/mol. The Labute approximate surface area is 106 Å². The normalized spacial score (nSPS) is 11.9. The average molecular weight is 285 g/mol. The van der Waals surface area contributed by atoms with Gasteiger partial charge in [0.1, 0.15) is 0 Å². The molecule has 0 saturated carbocycles. The summed E-state index contributed by atoms with van der Waals surface area (Å²) in [6.45, 7) is 0.0975. The highest BCUT2D eigenvalue weighted by Gasteiger charge is 2.25. The van der Waals surface area contributed by atoms with Crippen LogP contribution in [0.15, 0.2) is 29.2 Å². The molecule has 1 aromatic rings. The van der Waals surface area contributed by atoms with Crippen molar-refractivity contribution in [3.8, 4) is 0 Å². The Kier molecular flexibility index (Phi) is 5.71. The molecular formula is C11H12F5NS. The number of hydrogen-bond acceptors (Lipinski definition) is 2. The summed E-state index contributed by atoms with van der Waals surface area (Å²) in [5, 5.41) is 2.74. The molecule has 1 rings (SSSR count). The van der Waals surface area contributed by atoms with Gasteiger partial charge in [-0.3, -0.25) is 0 Å². The van der Waals surface area contributed by atoms with Crippen LogP contribution in [0.4, 0.5) is 27.6 Å². The van der Waals surface area contributed by atoms with E-state index in [0.717, 1.165) is 0 Å². The first-order valence-electron chi connectivity index (χ1n) is 5.23. The maximum Gasteiger partial charge on any atom is 0.389 e. The molecular weight excluding hydrogens is 273 g/mol. The fraction of sp³-hybridized carbons (Fsp3) is 0.455. The Morgan fingerprint density at radius 3 is 2.44 bits per heavy atom. The first kappa shape index (κ1) is 15.1. The maximum atomic E-state index is 12.2. The lowest BCUT2D eigenvalue weighted by Crippen LogP contribution is -2.11. The van der Waals surface area contributed by atoms with Gasteiger partial charge in [-0.1, -0.05) is 23.9 Å². The number of nitrogens with one attached hydrogen (secondary N) is 1. The van der Waals surface area contributed by atoms with Crippen LogP contribution in [-0.4, -0.2) is 18.5 Å². The van der Waals surface area contributed by atoms with Crippen molar-refractivity contribution in [1.29, 1.82) is 0 Å². The molecule has 102 valence electrons. The predicted octanol–water partition coefficient (Wildman–Crippen LogP) is 4.76. The van der Waals surface area contributed by atoms with Crippen molar-refractivity contribution in [3.63, 3.8) is 0 Å². The summed E-state index contributed by atoms with van der Waals surface area (Å²) in [5.74, 6) is -2.55. The second kappa shape index (κ2) is 6.82. The highest BCUT2D eigenvalue weighted by Crippen LogP contribution is 2.31. The molecule has 0 atom stereocenters. The Morgan fingerprint density at radius 2 is 1.83 bits per heavy atom. The molecule has 18 heavy (non-hydrogen) atoms. The summed E-state index contributed by atoms with van der Waals surface area (Å²) < 4.78 is 60.2. The van der Waals surface area contributed by atoms with E-state index in [-0.39, 0.29) is 13.0 Å². The van der Waals surface area contributed by atoms with Crippen molar-refractivity contribution in [2.24, 2.45) is 0 Å². The summed E-state index contributed by atoms with van der Waals surface area (Å²) in [6, 6.07) is 6.31. The maximum absolute atomic E-state index is 12.2. The van der Waals surface area contributed by atoms with E-state index >= 15 is 0 Å². The number of halogens is 5. The van der Waals surface area contributed by atoms with Crippen LogP contribution in [0.1, 0.15) is 12.8 Å². The second-order valence-electron chi connectivity index (χ2n) is 3.52. The topological polar surface area (TPSA) is 12.0 Å². The Morgan fingerprint density at radius 1 is 1.17 bits per heavy atom. The molecule has 0 heterocycles. The van der Waals surface area contributed by atoms with Gasteiger partial charge in [0.15, 0.2) is 0 Å². The smallest absolute Gasteiger partial charge is 0.384 e. The summed E-state index contributed by atoms with van der Waals surface area (Å²) >= 11 is 0.371. The molecule has 0 fully saturated rings. The van der Waals surface area contributed by atoms with Gasteiger partial charge in [-0.2, -0.15) is 22.0 Å². The van der Waals surface area contributed by atoms with Crippen LogP contribution in [0.5, 0.6) is 0 Å². The molecule has 0 aliphatic rings. The van der Waals surface area contributed by atoms with Crippen molar-refractivity contribution < 1.29 is 22.0 Å². The zero-order chi connectivity index (χ0) is 13.6. The van der Waals surface area contributed by atoms with Crippen LogP contribution in [0.25, 0.3) is 0 Å². The van der Waals surface area contributed by atoms with Crippen LogP contribution in [0, 0.1) is 0 Å². The zero-order valence-electron chi connectivity index (χ0n) is 9.31. The lowest BCUT2D eigenvalue weighted by Gasteiger charge is -2.11. The molecule has 1 aromatic carbocycles. The van der Waals surface area contributed by atoms with Crippen molar-refractivity contribution in [2.45, 2.75) is 29.7 Å². The minimum absolute atomic E-state index is 0.0861. The minimum atomic E-state index is -4.18. The summed E-state index contributed by atoms with van der Waals surface area (Å²) in [7, 11) is 0. The Balaban J connectivity index is 2.46. The zero-order valence-corrected chi connectivity index (χ0v) is 10.1. The van der Waals surface area contributed by atoms with E-state index in [4.69, 9.17) is 0 Å². The van der Waals surface area contributed by atoms with E-state index in [1.165, 1.54) is 6.07 Å². The van der Waals surface area contributed by atoms with Gasteiger partial charge in [0.2, 0.25) is 0 Å². The van der Waals surface area contributed by atoms with Gasteiger partial charge in [0.05, 0.1) is 0 Å². The third-order valence-electron chi connectivity index (χ3n) is 2.06. The first-order chi connectivity index (χ1) is 8.38. The van der Waals surface area contributed by atoms with Gasteiger partial charge >= 0.3 is 6.18 Å². The predicted molar refractivity (Wildman–Crippen MR) is 62.1 cm³/mol. The molecule has 0 radical (unpaired) electrons. The van der Waals surface area contributed by atoms with E-state index in [0.29, 0.717) is 22.3 Å². The first-order valence-corrected chi connectivity index (χ1v) is 6.11. The standard InChI is InChI=1S/C11H12F5NS/c12-10(13)18-9-5-2-1-4-8(9)17-7-3-6-11(14,15)16/h1-2,4-5,10,17H,3,6-7H2. The Hall–Kier alpha value is -0.980. The molecule has 1 N–H and O–H groups in total. The molecule has 0 saturated heterocycles. The van der Waals surface area contributed by atoms with Crippen LogP contribution in [0.2, 0.25) is 0 Å². The van der Waals surface area contributed by atoms with Crippen molar-refractivity contribution >= 4 is 17.4 Å². The van der Waals surface area contributed by atoms with Crippen molar-refractivity contribution in [3.05, 3.63) is 24.3 Å². The van der Waals surface area contributed by atoms with Gasteiger partial charge in [0.25, 0.3) is 5.76 Å². The number of benzene rings is 1. The SMILES string of the molecule is FC(F)Sc1ccccc1NCCCC(F)(F)F. The molecule has 0 bridgehead atoms. The van der Waals surface area contributed by atoms with E-state index in [1.54, 1.807) is 18.2 Å². The third-order valence-corrected chi connectivity index (χ3v) is 2.84. The number of rotatable bonds is 6. The lowest BCUT2D eigenvalue weighted by molar-refractivity contribution is -0.134. The molecule has 7 heteroatoms. The van der Waals surface area contributed by atoms with Crippen molar-refractivity contribution in [1.82, 2.24) is 0 Å². The van der Waals surface area contributed by atoms with E-state index in [9.17, 15) is 22.0 Å². The molecule has 0 amide bonds. The average Bonchev–Trinajstić information content (AvgIpc) is 2.24. The van der Waals surface area contributed by atoms with Crippen molar-refractivity contribution in [2.75, 3.05) is 11.9 Å². The number of thioether (sulfide) groups is 1. The van der Waals surface area contributed by atoms with Gasteiger partial charge in [0, 0.05) is 23.5 Å². The van der Waals surface area contributed by atoms with E-state index < -0.39 is 18.4 Å². The fourth-order valence-electron chi connectivity index (χ4n) is 1.32. The molecule has 0 spiro atoms. The minimum Gasteiger partial charge on any atom is -0.384 e. The number of anilines is 1. The third kappa shape index (κ3) is 6.09. The van der Waals surface area contributed by atoms with Crippen LogP contribution in [-0.2, 0) is 0 Å². The van der Waals surface area contributed by atoms with Gasteiger partial charge in [-0.05, 0) is 18.6 Å². The number of para-hydroxylation sites is 1. The highest BCUT2D eigenvalue weighted by molar-refractivity contribution is 7.99. The summed E-state index contributed by atoms with van der Waals surface area (Å²) in [4.78, 5) is 0.333. The largest absolute Gasteiger partial charge is 0.389 e. The van der Waals surface area contributed by atoms with Crippen LogP contribution >= 0.6 is 11.8 Å². The molecule has 0 unspecified atom stereocenters.